The molecule has 53 heavy (non-hydrogen) atoms. The lowest BCUT2D eigenvalue weighted by molar-refractivity contribution is 4.98. The minimum atomic E-state index is -3.79. The van der Waals surface area contributed by atoms with Crippen LogP contribution >= 0.6 is 32.9 Å². The summed E-state index contributed by atoms with van der Waals surface area (Å²) in [5.74, 6) is 0. The maximum atomic E-state index is 6.02. The molecule has 0 spiro atoms. The van der Waals surface area contributed by atoms with Crippen molar-refractivity contribution in [3.05, 3.63) is 0 Å². The van der Waals surface area contributed by atoms with Gasteiger partial charge in [-0.15, -0.1) is 0 Å². The number of rotatable bonds is 16. The van der Waals surface area contributed by atoms with E-state index < -0.39 is 86.7 Å². The number of hydrogen-bond donors (Lipinski definition) is 1. The van der Waals surface area contributed by atoms with E-state index >= 15 is 0 Å². The van der Waals surface area contributed by atoms with Crippen molar-refractivity contribution in [2.45, 2.75) is 0 Å². The molecule has 0 aliphatic heterocycles. The minimum absolute atomic E-state index is 1.76. The van der Waals surface area contributed by atoms with Crippen LogP contribution in [0.3, 0.4) is 0 Å². The van der Waals surface area contributed by atoms with Gasteiger partial charge in [-0.3, -0.25) is 0 Å². The fourth-order valence-electron chi connectivity index (χ4n) is 1.53. The molecular weight excluding hydrogens is 1790 g/mol. The predicted octanol–water partition coefficient (Wildman–Crippen LogP) is 1.14. The largest absolute Gasteiger partial charge is 0.0917 e. The van der Waals surface area contributed by atoms with Gasteiger partial charge in [-0.2, -0.15) is 0 Å². The number of thiol groups is 1. The van der Waals surface area contributed by atoms with Crippen LogP contribution < -0.4 is 0 Å². The normalized spacial score (nSPS) is 16.8. The second-order valence-electron chi connectivity index (χ2n) is 6.94. The first-order valence-corrected chi connectivity index (χ1v) is 79.7. The molecule has 0 bridgehead atoms. The van der Waals surface area contributed by atoms with Gasteiger partial charge in [0.2, 0.25) is 0 Å². The highest BCUT2D eigenvalue weighted by molar-refractivity contribution is 14.2. The Bertz CT molecular complexity index is 3390. The van der Waals surface area contributed by atoms with Gasteiger partial charge >= 0.3 is 0 Å². The van der Waals surface area contributed by atoms with Crippen LogP contribution in [0.2, 0.25) is 0 Å². The van der Waals surface area contributed by atoms with E-state index in [9.17, 15) is 0 Å². The van der Waals surface area contributed by atoms with Crippen LogP contribution in [0.4, 0.5) is 0 Å². The van der Waals surface area contributed by atoms with E-state index in [0.717, 1.165) is 0 Å². The monoisotopic (exact) mass is 1790 g/mol. The van der Waals surface area contributed by atoms with Crippen molar-refractivity contribution in [2.75, 3.05) is 0 Å². The van der Waals surface area contributed by atoms with E-state index in [2.05, 4.69) is 11.7 Å². The van der Waals surface area contributed by atoms with Gasteiger partial charge in [-0.1, -0.05) is 11.7 Å². The second kappa shape index (κ2) is 21.0. The molecule has 0 atom stereocenters. The van der Waals surface area contributed by atoms with E-state index in [4.69, 9.17) is 380 Å². The van der Waals surface area contributed by atoms with Crippen molar-refractivity contribution < 1.29 is 0 Å². The second-order valence-corrected chi connectivity index (χ2v) is 194. The third-order valence-corrected chi connectivity index (χ3v) is 332. The molecule has 0 aliphatic rings. The lowest BCUT2D eigenvalue weighted by Crippen LogP contribution is -2.39. The Labute approximate surface area is 485 Å². The summed E-state index contributed by atoms with van der Waals surface area (Å²) in [5, 5.41) is -56.5. The Balaban J connectivity index is 8.39. The summed E-state index contributed by atoms with van der Waals surface area (Å²) < 4.78 is -2.64. The third-order valence-electron chi connectivity index (χ3n) is 4.00. The molecule has 0 radical (unpaired) electrons. The summed E-state index contributed by atoms with van der Waals surface area (Å²) in [5.41, 5.74) is 0. The minimum Gasteiger partial charge on any atom is -0.0917 e. The van der Waals surface area contributed by atoms with Gasteiger partial charge in [0.25, 0.3) is 0 Å². The van der Waals surface area contributed by atoms with Crippen molar-refractivity contribution in [3.63, 3.8) is 0 Å². The smallest absolute Gasteiger partial charge is 0.0451 e. The van der Waals surface area contributed by atoms with Crippen LogP contribution in [0.1, 0.15) is 0 Å². The molecule has 0 unspecified atom stereocenters. The molecule has 0 N–H and O–H groups in total. The maximum Gasteiger partial charge on any atom is 0.0451 e. The van der Waals surface area contributed by atoms with Crippen LogP contribution in [-0.2, 0) is 467 Å². The zero-order valence-electron chi connectivity index (χ0n) is 21.6. The fourth-order valence-corrected chi connectivity index (χ4v) is 382. The Morgan fingerprint density at radius 2 is 0.283 bits per heavy atom. The van der Waals surface area contributed by atoms with E-state index in [-0.39, 0.29) is 0 Å². The predicted molar refractivity (Wildman–Crippen MR) is 399 cm³/mol. The SMILES string of the molecule is S=S(=S)(S)S(=S)(=S)S(=S)(=S)S(=S)(=S)S(=S)(=S)S(=S)(=S)S(=S)(=S)S(=S)(=S)S(=S)(=S)S(=S)(=S)S(=S)(=S)S(=S)(=S)S(=S)(=S)S(=S)(=S)S(=S)(=S)S(=S)(=S)S(=S)(=S)I. The topological polar surface area (TPSA) is 0 Å². The van der Waals surface area contributed by atoms with Gasteiger partial charge < -0.3 is 0 Å². The van der Waals surface area contributed by atoms with Crippen LogP contribution in [0.15, 0.2) is 0 Å². The molecular formula is HIS52. The average molecular weight is 1800 g/mol. The summed E-state index contributed by atoms with van der Waals surface area (Å²) in [6, 6.07) is 0. The van der Waals surface area contributed by atoms with Gasteiger partial charge in [-0.25, -0.2) is 0 Å². The first kappa shape index (κ1) is 67.5. The first-order chi connectivity index (χ1) is 22.0. The molecule has 0 aromatic carbocycles. The summed E-state index contributed by atoms with van der Waals surface area (Å²) in [6.45, 7) is 0. The molecule has 0 aromatic heterocycles. The van der Waals surface area contributed by atoms with E-state index in [1.54, 1.807) is 21.2 Å². The van der Waals surface area contributed by atoms with Crippen LogP contribution in [0.25, 0.3) is 0 Å². The highest BCUT2D eigenvalue weighted by Crippen LogP contribution is 2.43. The van der Waals surface area contributed by atoms with Gasteiger partial charge in [0.15, 0.2) is 0 Å². The van der Waals surface area contributed by atoms with Crippen LogP contribution in [-0.4, -0.2) is 0 Å². The Kier molecular flexibility index (Phi) is 26.8. The molecule has 0 saturated carbocycles. The molecule has 0 heterocycles. The van der Waals surface area contributed by atoms with Crippen LogP contribution in [0, 0.1) is 0 Å². The van der Waals surface area contributed by atoms with Crippen LogP contribution in [0.5, 0.6) is 0 Å². The molecule has 0 rings (SSSR count). The van der Waals surface area contributed by atoms with Crippen molar-refractivity contribution in [3.8, 4) is 0 Å². The molecule has 53 heteroatoms. The number of halogens is 1. The maximum absolute atomic E-state index is 6.02. The van der Waals surface area contributed by atoms with Crippen molar-refractivity contribution in [1.82, 2.24) is 0 Å². The third kappa shape index (κ3) is 11.0. The summed E-state index contributed by atoms with van der Waals surface area (Å²) in [7, 11) is 0. The molecule has 320 valence electrons. The Hall–Kier alpha value is 14.5. The quantitative estimate of drug-likeness (QED) is 0.102. The molecule has 0 nitrogen and oxygen atoms in total. The van der Waals surface area contributed by atoms with Crippen molar-refractivity contribution in [2.24, 2.45) is 0 Å². The van der Waals surface area contributed by atoms with E-state index in [1.165, 1.54) is 0 Å². The van der Waals surface area contributed by atoms with Crippen molar-refractivity contribution in [1.29, 1.82) is 0 Å². The zero-order valence-corrected chi connectivity index (χ0v) is 66.3. The van der Waals surface area contributed by atoms with Gasteiger partial charge in [0.05, 0.1) is 0 Å². The summed E-state index contributed by atoms with van der Waals surface area (Å²) in [4.78, 5) is 0. The molecule has 0 aliphatic carbocycles. The molecule has 0 fully saturated rings. The molecule has 0 amide bonds. The first-order valence-electron chi connectivity index (χ1n) is 8.67. The van der Waals surface area contributed by atoms with Crippen molar-refractivity contribution >= 4 is 500 Å². The van der Waals surface area contributed by atoms with E-state index in [1.807, 2.05) is 0 Å². The molecule has 0 saturated heterocycles. The zero-order chi connectivity index (χ0) is 44.5. The Morgan fingerprint density at radius 3 is 0.377 bits per heavy atom. The fraction of sp³-hybridized carbons (Fsp3) is 0. The van der Waals surface area contributed by atoms with E-state index in [0.29, 0.717) is 0 Å². The Morgan fingerprint density at radius 1 is 0.189 bits per heavy atom. The standard InChI is InChI=1S/HIS52/c1-37(2,3)39(7,8)41(11,12)43(15,16)45(19,20)47(23,24)49(27,28)51(31,32)53(35,36)52(33,34)50(29,30)48(25,26)46(21,22)44(17,18)42(13,14)40(9,10)38(4,5)6/h(H,4,5,6). The highest BCUT2D eigenvalue weighted by atomic mass is 127. The average Bonchev–Trinajstić information content (AvgIpc) is 2.89. The summed E-state index contributed by atoms with van der Waals surface area (Å²) >= 11 is 205. The lowest BCUT2D eigenvalue weighted by atomic mass is 29.7. The summed E-state index contributed by atoms with van der Waals surface area (Å²) in [6.07, 6.45) is 0. The van der Waals surface area contributed by atoms with Gasteiger partial charge in [0.1, 0.15) is 0 Å². The highest BCUT2D eigenvalue weighted by Gasteiger charge is 2.46. The number of hydrogen-bond acceptors (Lipinski definition) is 34. The lowest BCUT2D eigenvalue weighted by Gasteiger charge is -2.36. The molecule has 0 aromatic rings. The van der Waals surface area contributed by atoms with Gasteiger partial charge in [0, 0.05) is 108 Å². The van der Waals surface area contributed by atoms with Gasteiger partial charge in [-0.05, 0) is 380 Å².